The summed E-state index contributed by atoms with van der Waals surface area (Å²) in [4.78, 5) is 30.4. The summed E-state index contributed by atoms with van der Waals surface area (Å²) in [5.41, 5.74) is 0.0651. The van der Waals surface area contributed by atoms with Crippen LogP contribution in [0.25, 0.3) is 0 Å². The van der Waals surface area contributed by atoms with Gasteiger partial charge in [-0.25, -0.2) is 0 Å². The number of ether oxygens (including phenoxy) is 2. The van der Waals surface area contributed by atoms with Crippen molar-refractivity contribution in [1.82, 2.24) is 10.2 Å². The smallest absolute Gasteiger partial charge is 0.234 e. The fourth-order valence-corrected chi connectivity index (χ4v) is 5.22. The lowest BCUT2D eigenvalue weighted by Gasteiger charge is -2.27. The minimum atomic E-state index is -0.711. The van der Waals surface area contributed by atoms with Crippen molar-refractivity contribution in [3.8, 4) is 0 Å². The molecule has 7 nitrogen and oxygen atoms in total. The maximum atomic E-state index is 13.3. The Kier molecular flexibility index (Phi) is 5.31. The van der Waals surface area contributed by atoms with Gasteiger partial charge in [-0.15, -0.1) is 0 Å². The second-order valence-corrected chi connectivity index (χ2v) is 8.84. The molecule has 4 atom stereocenters. The monoisotopic (exact) mass is 431 g/mol. The molecule has 4 aliphatic rings. The summed E-state index contributed by atoms with van der Waals surface area (Å²) < 4.78 is 11.5. The summed E-state index contributed by atoms with van der Waals surface area (Å²) in [6.07, 6.45) is 4.46. The van der Waals surface area contributed by atoms with Gasteiger partial charge in [-0.1, -0.05) is 23.8 Å². The first-order valence-electron chi connectivity index (χ1n) is 10.6. The molecule has 160 valence electrons. The molecule has 0 saturated carbocycles. The van der Waals surface area contributed by atoms with Gasteiger partial charge in [0.2, 0.25) is 11.8 Å². The van der Waals surface area contributed by atoms with Crippen LogP contribution in [0.5, 0.6) is 0 Å². The Hall–Kier alpha value is -1.93. The minimum Gasteiger partial charge on any atom is -0.379 e. The van der Waals surface area contributed by atoms with Crippen LogP contribution < -0.4 is 10.2 Å². The average Bonchev–Trinajstić information content (AvgIpc) is 3.41. The van der Waals surface area contributed by atoms with Crippen molar-refractivity contribution in [3.05, 3.63) is 41.4 Å². The molecule has 2 amide bonds. The number of anilines is 1. The lowest BCUT2D eigenvalue weighted by molar-refractivity contribution is -0.131. The Bertz CT molecular complexity index is 854. The van der Waals surface area contributed by atoms with E-state index in [1.54, 1.807) is 17.0 Å². The summed E-state index contributed by atoms with van der Waals surface area (Å²) in [6.45, 7) is 5.38. The molecule has 2 bridgehead atoms. The van der Waals surface area contributed by atoms with Gasteiger partial charge in [0.1, 0.15) is 5.60 Å². The predicted octanol–water partition coefficient (Wildman–Crippen LogP) is 1.46. The molecule has 3 fully saturated rings. The van der Waals surface area contributed by atoms with Gasteiger partial charge in [0.25, 0.3) is 0 Å². The third-order valence-electron chi connectivity index (χ3n) is 6.60. The van der Waals surface area contributed by atoms with Crippen molar-refractivity contribution >= 4 is 29.1 Å². The van der Waals surface area contributed by atoms with Crippen molar-refractivity contribution in [2.45, 2.75) is 18.1 Å². The van der Waals surface area contributed by atoms with E-state index in [4.69, 9.17) is 21.1 Å². The third kappa shape index (κ3) is 3.43. The minimum absolute atomic E-state index is 0.0577. The molecule has 8 heteroatoms. The average molecular weight is 432 g/mol. The standard InChI is InChI=1S/C22H26ClN3O4/c23-15-2-4-16(5-3-15)26-14-22-7-6-17(30-22)18(19(22)21(26)28)20(27)24-8-1-9-25-10-12-29-13-11-25/h2-7,17-19H,1,8-14H2,(H,24,27)/t17-,18-,19-,22+/m1/s1. The first kappa shape index (κ1) is 20.0. The van der Waals surface area contributed by atoms with Crippen molar-refractivity contribution < 1.29 is 19.1 Å². The van der Waals surface area contributed by atoms with Crippen LogP contribution in [-0.2, 0) is 19.1 Å². The summed E-state index contributed by atoms with van der Waals surface area (Å²) >= 11 is 5.99. The lowest BCUT2D eigenvalue weighted by Crippen LogP contribution is -2.45. The molecule has 1 N–H and O–H groups in total. The molecule has 0 unspecified atom stereocenters. The highest BCUT2D eigenvalue weighted by Gasteiger charge is 2.67. The quantitative estimate of drug-likeness (QED) is 0.545. The molecule has 0 aliphatic carbocycles. The molecule has 1 aromatic rings. The highest BCUT2D eigenvalue weighted by Crippen LogP contribution is 2.52. The molecule has 1 aromatic carbocycles. The van der Waals surface area contributed by atoms with E-state index in [1.807, 2.05) is 24.3 Å². The Morgan fingerprint density at radius 3 is 2.77 bits per heavy atom. The van der Waals surface area contributed by atoms with E-state index in [0.717, 1.165) is 45.0 Å². The Labute approximate surface area is 180 Å². The number of nitrogens with one attached hydrogen (secondary N) is 1. The number of carbonyl (C=O) groups is 2. The number of morpholine rings is 1. The van der Waals surface area contributed by atoms with Crippen LogP contribution in [0.1, 0.15) is 6.42 Å². The summed E-state index contributed by atoms with van der Waals surface area (Å²) in [5.74, 6) is -1.12. The SMILES string of the molecule is O=C(NCCCN1CCOCC1)[C@@H]1[C@H]2C=C[C@@]3(CN(c4ccc(Cl)cc4)C(=O)[C@@H]13)O2. The third-order valence-corrected chi connectivity index (χ3v) is 6.85. The first-order valence-corrected chi connectivity index (χ1v) is 11.0. The lowest BCUT2D eigenvalue weighted by atomic mass is 9.77. The number of hydrogen-bond donors (Lipinski definition) is 1. The van der Waals surface area contributed by atoms with Crippen molar-refractivity contribution in [3.63, 3.8) is 0 Å². The van der Waals surface area contributed by atoms with Gasteiger partial charge in [-0.3, -0.25) is 14.5 Å². The van der Waals surface area contributed by atoms with E-state index >= 15 is 0 Å². The van der Waals surface area contributed by atoms with Crippen molar-refractivity contribution in [2.24, 2.45) is 11.8 Å². The fourth-order valence-electron chi connectivity index (χ4n) is 5.09. The molecular weight excluding hydrogens is 406 g/mol. The van der Waals surface area contributed by atoms with E-state index in [1.165, 1.54) is 0 Å². The molecule has 0 radical (unpaired) electrons. The van der Waals surface area contributed by atoms with Crippen molar-refractivity contribution in [2.75, 3.05) is 50.8 Å². The predicted molar refractivity (Wildman–Crippen MR) is 112 cm³/mol. The topological polar surface area (TPSA) is 71.1 Å². The number of carbonyl (C=O) groups excluding carboxylic acids is 2. The highest BCUT2D eigenvalue weighted by molar-refractivity contribution is 6.30. The maximum absolute atomic E-state index is 13.3. The zero-order valence-electron chi connectivity index (χ0n) is 16.8. The molecule has 3 saturated heterocycles. The fraction of sp³-hybridized carbons (Fsp3) is 0.545. The van der Waals surface area contributed by atoms with Gasteiger partial charge in [-0.2, -0.15) is 0 Å². The Morgan fingerprint density at radius 1 is 1.23 bits per heavy atom. The number of nitrogens with zero attached hydrogens (tertiary/aromatic N) is 2. The van der Waals surface area contributed by atoms with Crippen LogP contribution in [0.3, 0.4) is 0 Å². The van der Waals surface area contributed by atoms with E-state index < -0.39 is 17.4 Å². The number of halogens is 1. The zero-order valence-corrected chi connectivity index (χ0v) is 17.5. The maximum Gasteiger partial charge on any atom is 0.234 e. The molecule has 5 rings (SSSR count). The van der Waals surface area contributed by atoms with Gasteiger partial charge in [0.05, 0.1) is 37.7 Å². The highest BCUT2D eigenvalue weighted by atomic mass is 35.5. The Morgan fingerprint density at radius 2 is 2.00 bits per heavy atom. The largest absolute Gasteiger partial charge is 0.379 e. The number of rotatable bonds is 6. The first-order chi connectivity index (χ1) is 14.6. The van der Waals surface area contributed by atoms with Crippen LogP contribution in [0.4, 0.5) is 5.69 Å². The van der Waals surface area contributed by atoms with E-state index in [0.29, 0.717) is 18.1 Å². The summed E-state index contributed by atoms with van der Waals surface area (Å²) in [6, 6.07) is 7.19. The van der Waals surface area contributed by atoms with Crippen LogP contribution in [0.2, 0.25) is 5.02 Å². The van der Waals surface area contributed by atoms with E-state index in [-0.39, 0.29) is 17.9 Å². The van der Waals surface area contributed by atoms with Gasteiger partial charge < -0.3 is 19.7 Å². The molecule has 4 aliphatic heterocycles. The van der Waals surface area contributed by atoms with Crippen molar-refractivity contribution in [1.29, 1.82) is 0 Å². The second kappa shape index (κ2) is 7.96. The number of fused-ring (bicyclic) bond motifs is 1. The molecule has 30 heavy (non-hydrogen) atoms. The summed E-state index contributed by atoms with van der Waals surface area (Å²) in [5, 5.41) is 3.66. The number of benzene rings is 1. The summed E-state index contributed by atoms with van der Waals surface area (Å²) in [7, 11) is 0. The van der Waals surface area contributed by atoms with Gasteiger partial charge >= 0.3 is 0 Å². The zero-order chi connectivity index (χ0) is 20.7. The van der Waals surface area contributed by atoms with Crippen LogP contribution in [0, 0.1) is 11.8 Å². The molecular formula is C22H26ClN3O4. The Balaban J connectivity index is 1.23. The van der Waals surface area contributed by atoms with E-state index in [2.05, 4.69) is 10.2 Å². The van der Waals surface area contributed by atoms with Crippen LogP contribution >= 0.6 is 11.6 Å². The van der Waals surface area contributed by atoms with E-state index in [9.17, 15) is 9.59 Å². The van der Waals surface area contributed by atoms with Gasteiger partial charge in [-0.05, 0) is 37.2 Å². The molecule has 1 spiro atoms. The molecule has 4 heterocycles. The second-order valence-electron chi connectivity index (χ2n) is 8.40. The van der Waals surface area contributed by atoms with Gasteiger partial charge in [0, 0.05) is 30.3 Å². The number of amides is 2. The van der Waals surface area contributed by atoms with Crippen LogP contribution in [0.15, 0.2) is 36.4 Å². The normalized spacial score (nSPS) is 32.6. The number of hydrogen-bond acceptors (Lipinski definition) is 5. The molecule has 0 aromatic heterocycles. The van der Waals surface area contributed by atoms with Gasteiger partial charge in [0.15, 0.2) is 0 Å². The van der Waals surface area contributed by atoms with Crippen LogP contribution in [-0.4, -0.2) is 74.4 Å².